The molecule has 2 nitrogen and oxygen atoms in total. The molecule has 0 bridgehead atoms. The summed E-state index contributed by atoms with van der Waals surface area (Å²) in [5.41, 5.74) is 1.96. The van der Waals surface area contributed by atoms with E-state index in [1.54, 1.807) is 0 Å². The van der Waals surface area contributed by atoms with E-state index in [-0.39, 0.29) is 6.61 Å². The van der Waals surface area contributed by atoms with Crippen LogP contribution in [0.2, 0.25) is 5.02 Å². The molecule has 0 aliphatic carbocycles. The van der Waals surface area contributed by atoms with E-state index in [4.69, 9.17) is 11.6 Å². The van der Waals surface area contributed by atoms with E-state index in [9.17, 15) is 5.11 Å². The molecule has 0 spiro atoms. The van der Waals surface area contributed by atoms with E-state index >= 15 is 0 Å². The van der Waals surface area contributed by atoms with E-state index in [2.05, 4.69) is 11.8 Å². The Hall–Kier alpha value is -0.730. The van der Waals surface area contributed by atoms with Gasteiger partial charge in [-0.25, -0.2) is 0 Å². The lowest BCUT2D eigenvalue weighted by atomic mass is 10.1. The molecule has 0 aliphatic heterocycles. The molecule has 0 unspecified atom stereocenters. The summed E-state index contributed by atoms with van der Waals surface area (Å²) in [4.78, 5) is 2.16. The highest BCUT2D eigenvalue weighted by Gasteiger charge is 2.06. The molecular weight excluding hydrogens is 210 g/mol. The highest BCUT2D eigenvalue weighted by atomic mass is 35.5. The van der Waals surface area contributed by atoms with Crippen molar-refractivity contribution < 1.29 is 5.11 Å². The third kappa shape index (κ3) is 3.40. The van der Waals surface area contributed by atoms with Gasteiger partial charge in [-0.2, -0.15) is 0 Å². The van der Waals surface area contributed by atoms with E-state index in [0.29, 0.717) is 5.02 Å². The van der Waals surface area contributed by atoms with E-state index in [1.165, 1.54) is 6.42 Å². The maximum atomic E-state index is 9.23. The predicted octanol–water partition coefficient (Wildman–Crippen LogP) is 3.07. The van der Waals surface area contributed by atoms with Gasteiger partial charge in [-0.3, -0.25) is 0 Å². The van der Waals surface area contributed by atoms with Crippen molar-refractivity contribution in [3.8, 4) is 0 Å². The SMILES string of the molecule is CCCCN(C)c1ccc(Cl)cc1CO. The Morgan fingerprint density at radius 1 is 1.40 bits per heavy atom. The molecule has 1 N–H and O–H groups in total. The summed E-state index contributed by atoms with van der Waals surface area (Å²) in [7, 11) is 2.04. The largest absolute Gasteiger partial charge is 0.392 e. The molecular formula is C12H18ClNO. The zero-order valence-electron chi connectivity index (χ0n) is 9.33. The molecule has 0 fully saturated rings. The van der Waals surface area contributed by atoms with Gasteiger partial charge < -0.3 is 10.0 Å². The molecule has 84 valence electrons. The number of rotatable bonds is 5. The number of hydrogen-bond donors (Lipinski definition) is 1. The van der Waals surface area contributed by atoms with Gasteiger partial charge in [0.1, 0.15) is 0 Å². The topological polar surface area (TPSA) is 23.5 Å². The molecule has 1 aromatic carbocycles. The molecule has 0 atom stereocenters. The molecule has 0 aliphatic rings. The first-order chi connectivity index (χ1) is 7.19. The second kappa shape index (κ2) is 5.99. The van der Waals surface area contributed by atoms with Crippen LogP contribution in [0.5, 0.6) is 0 Å². The Kier molecular flexibility index (Phi) is 4.92. The van der Waals surface area contributed by atoms with E-state index in [0.717, 1.165) is 24.2 Å². The molecule has 3 heteroatoms. The Balaban J connectivity index is 2.82. The maximum Gasteiger partial charge on any atom is 0.0702 e. The number of aliphatic hydroxyl groups excluding tert-OH is 1. The molecule has 1 aromatic rings. The van der Waals surface area contributed by atoms with Crippen molar-refractivity contribution in [1.29, 1.82) is 0 Å². The third-order valence-electron chi connectivity index (χ3n) is 2.47. The molecule has 0 radical (unpaired) electrons. The maximum absolute atomic E-state index is 9.23. The van der Waals surface area contributed by atoms with Gasteiger partial charge >= 0.3 is 0 Å². The van der Waals surface area contributed by atoms with Crippen LogP contribution in [-0.4, -0.2) is 18.7 Å². The van der Waals surface area contributed by atoms with Crippen LogP contribution >= 0.6 is 11.6 Å². The zero-order chi connectivity index (χ0) is 11.3. The normalized spacial score (nSPS) is 10.4. The van der Waals surface area contributed by atoms with E-state index in [1.807, 2.05) is 25.2 Å². The monoisotopic (exact) mass is 227 g/mol. The minimum Gasteiger partial charge on any atom is -0.392 e. The number of halogens is 1. The van der Waals surface area contributed by atoms with Gasteiger partial charge in [-0.15, -0.1) is 0 Å². The summed E-state index contributed by atoms with van der Waals surface area (Å²) in [6.07, 6.45) is 2.33. The fourth-order valence-electron chi connectivity index (χ4n) is 1.57. The van der Waals surface area contributed by atoms with Gasteiger partial charge in [0.2, 0.25) is 0 Å². The van der Waals surface area contributed by atoms with E-state index < -0.39 is 0 Å². The average molecular weight is 228 g/mol. The lowest BCUT2D eigenvalue weighted by Gasteiger charge is -2.21. The standard InChI is InChI=1S/C12H18ClNO/c1-3-4-7-14(2)12-6-5-11(13)8-10(12)9-15/h5-6,8,15H,3-4,7,9H2,1-2H3. The number of aliphatic hydroxyl groups is 1. The molecule has 0 saturated heterocycles. The van der Waals surface area contributed by atoms with Crippen LogP contribution in [0.1, 0.15) is 25.3 Å². The number of benzene rings is 1. The van der Waals surface area contributed by atoms with Crippen molar-refractivity contribution >= 4 is 17.3 Å². The second-order valence-electron chi connectivity index (χ2n) is 3.71. The highest BCUT2D eigenvalue weighted by Crippen LogP contribution is 2.23. The first-order valence-corrected chi connectivity index (χ1v) is 5.67. The Labute approximate surface area is 96.5 Å². The number of unbranched alkanes of at least 4 members (excludes halogenated alkanes) is 1. The smallest absolute Gasteiger partial charge is 0.0702 e. The number of anilines is 1. The van der Waals surface area contributed by atoms with Gasteiger partial charge in [0, 0.05) is 29.9 Å². The first-order valence-electron chi connectivity index (χ1n) is 5.29. The number of nitrogens with zero attached hydrogens (tertiary/aromatic N) is 1. The predicted molar refractivity (Wildman–Crippen MR) is 65.6 cm³/mol. The first kappa shape index (κ1) is 12.3. The fourth-order valence-corrected chi connectivity index (χ4v) is 1.76. The minimum absolute atomic E-state index is 0.0341. The molecule has 0 aromatic heterocycles. The molecule has 1 rings (SSSR count). The quantitative estimate of drug-likeness (QED) is 0.836. The second-order valence-corrected chi connectivity index (χ2v) is 4.14. The summed E-state index contributed by atoms with van der Waals surface area (Å²) in [5, 5.41) is 9.90. The van der Waals surface area contributed by atoms with Crippen molar-refractivity contribution in [2.45, 2.75) is 26.4 Å². The van der Waals surface area contributed by atoms with Crippen molar-refractivity contribution in [2.75, 3.05) is 18.5 Å². The minimum atomic E-state index is 0.0341. The number of hydrogen-bond acceptors (Lipinski definition) is 2. The summed E-state index contributed by atoms with van der Waals surface area (Å²) in [5.74, 6) is 0. The van der Waals surface area contributed by atoms with Gasteiger partial charge in [-0.05, 0) is 24.6 Å². The summed E-state index contributed by atoms with van der Waals surface area (Å²) >= 11 is 5.87. The molecule has 0 heterocycles. The van der Waals surface area contributed by atoms with Gasteiger partial charge in [0.25, 0.3) is 0 Å². The van der Waals surface area contributed by atoms with Crippen LogP contribution in [0.15, 0.2) is 18.2 Å². The van der Waals surface area contributed by atoms with Gasteiger partial charge in [0.15, 0.2) is 0 Å². The molecule has 15 heavy (non-hydrogen) atoms. The molecule has 0 saturated carbocycles. The van der Waals surface area contributed by atoms with Crippen LogP contribution in [0.3, 0.4) is 0 Å². The van der Waals surface area contributed by atoms with Crippen LogP contribution in [0, 0.1) is 0 Å². The average Bonchev–Trinajstić information content (AvgIpc) is 2.25. The summed E-state index contributed by atoms with van der Waals surface area (Å²) < 4.78 is 0. The summed E-state index contributed by atoms with van der Waals surface area (Å²) in [6, 6.07) is 5.64. The highest BCUT2D eigenvalue weighted by molar-refractivity contribution is 6.30. The van der Waals surface area contributed by atoms with Crippen LogP contribution in [0.4, 0.5) is 5.69 Å². The van der Waals surface area contributed by atoms with Crippen LogP contribution < -0.4 is 4.90 Å². The third-order valence-corrected chi connectivity index (χ3v) is 2.71. The lowest BCUT2D eigenvalue weighted by Crippen LogP contribution is -2.19. The van der Waals surface area contributed by atoms with Gasteiger partial charge in [0.05, 0.1) is 6.61 Å². The van der Waals surface area contributed by atoms with Crippen molar-refractivity contribution in [2.24, 2.45) is 0 Å². The Morgan fingerprint density at radius 3 is 2.73 bits per heavy atom. The Bertz CT molecular complexity index is 314. The molecule has 0 amide bonds. The lowest BCUT2D eigenvalue weighted by molar-refractivity contribution is 0.282. The van der Waals surface area contributed by atoms with Crippen molar-refractivity contribution in [3.05, 3.63) is 28.8 Å². The van der Waals surface area contributed by atoms with Crippen LogP contribution in [0.25, 0.3) is 0 Å². The zero-order valence-corrected chi connectivity index (χ0v) is 10.1. The van der Waals surface area contributed by atoms with Crippen molar-refractivity contribution in [1.82, 2.24) is 0 Å². The summed E-state index contributed by atoms with van der Waals surface area (Å²) in [6.45, 7) is 3.21. The van der Waals surface area contributed by atoms with Crippen LogP contribution in [-0.2, 0) is 6.61 Å². The Morgan fingerprint density at radius 2 is 2.13 bits per heavy atom. The fraction of sp³-hybridized carbons (Fsp3) is 0.500. The van der Waals surface area contributed by atoms with Gasteiger partial charge in [-0.1, -0.05) is 24.9 Å². The van der Waals surface area contributed by atoms with Crippen molar-refractivity contribution in [3.63, 3.8) is 0 Å².